The number of hydrogen-bond acceptors (Lipinski definition) is 6. The summed E-state index contributed by atoms with van der Waals surface area (Å²) in [6, 6.07) is 7.66. The number of likely N-dealkylation sites (tertiary alicyclic amines) is 1. The number of likely N-dealkylation sites (N-methyl/N-ethyl adjacent to an activating group) is 1. The van der Waals surface area contributed by atoms with Crippen molar-refractivity contribution < 1.29 is 23.8 Å². The van der Waals surface area contributed by atoms with E-state index in [0.717, 1.165) is 38.5 Å². The van der Waals surface area contributed by atoms with E-state index in [1.165, 1.54) is 17.4 Å². The summed E-state index contributed by atoms with van der Waals surface area (Å²) in [6.07, 6.45) is 4.92. The van der Waals surface area contributed by atoms with Crippen LogP contribution in [0.15, 0.2) is 33.5 Å². The Labute approximate surface area is 192 Å². The van der Waals surface area contributed by atoms with Crippen LogP contribution in [0.1, 0.15) is 25.7 Å². The summed E-state index contributed by atoms with van der Waals surface area (Å²) < 4.78 is 13.1. The zero-order chi connectivity index (χ0) is 23.5. The standard InChI is InChI=1S/C23H31N3O4.CH2O2/c1-24(2)19-9-16-11-25(12-17(16)10-21(19)29-14-15-7-8-15)22(27)13-26-18-5-3-4-6-20(18)30-23(26)28;2-1-3/h3-6,15-17,19,21H,7-14H2,1-2H3;1H,(H,2,3)/t16-,17+,19-,21-;/m1./s1. The van der Waals surface area contributed by atoms with Crippen LogP contribution in [0.25, 0.3) is 11.1 Å². The molecule has 3 aliphatic rings. The highest BCUT2D eigenvalue weighted by atomic mass is 16.5. The number of oxazole rings is 1. The van der Waals surface area contributed by atoms with Gasteiger partial charge in [-0.05, 0) is 69.7 Å². The van der Waals surface area contributed by atoms with E-state index in [1.807, 2.05) is 23.1 Å². The molecule has 5 rings (SSSR count). The number of aromatic nitrogens is 1. The van der Waals surface area contributed by atoms with Crippen LogP contribution in [-0.4, -0.2) is 77.8 Å². The van der Waals surface area contributed by atoms with Crippen molar-refractivity contribution in [3.63, 3.8) is 0 Å². The van der Waals surface area contributed by atoms with Crippen LogP contribution in [0.2, 0.25) is 0 Å². The number of amides is 1. The molecule has 180 valence electrons. The Morgan fingerprint density at radius 1 is 1.21 bits per heavy atom. The van der Waals surface area contributed by atoms with Crippen molar-refractivity contribution in [2.75, 3.05) is 33.8 Å². The Morgan fingerprint density at radius 3 is 2.55 bits per heavy atom. The first-order chi connectivity index (χ1) is 15.9. The molecule has 1 aliphatic heterocycles. The molecule has 3 fully saturated rings. The van der Waals surface area contributed by atoms with Crippen LogP contribution in [0.4, 0.5) is 0 Å². The SMILES string of the molecule is CN(C)[C@@H]1C[C@@H]2CN(C(=O)Cn3c(=O)oc4ccccc43)C[C@@H]2C[C@H]1OCC1CC1.O=CO. The number of fused-ring (bicyclic) bond motifs is 2. The average Bonchev–Trinajstić information content (AvgIpc) is 3.44. The van der Waals surface area contributed by atoms with Crippen LogP contribution < -0.4 is 5.76 Å². The van der Waals surface area contributed by atoms with E-state index in [-0.39, 0.29) is 25.0 Å². The van der Waals surface area contributed by atoms with E-state index >= 15 is 0 Å². The molecule has 1 aromatic carbocycles. The van der Waals surface area contributed by atoms with Crippen LogP contribution in [0.5, 0.6) is 0 Å². The Kier molecular flexibility index (Phi) is 7.19. The Hall–Kier alpha value is -2.65. The van der Waals surface area contributed by atoms with Crippen LogP contribution >= 0.6 is 0 Å². The van der Waals surface area contributed by atoms with Gasteiger partial charge in [-0.15, -0.1) is 0 Å². The molecule has 33 heavy (non-hydrogen) atoms. The number of rotatable bonds is 6. The predicted octanol–water partition coefficient (Wildman–Crippen LogP) is 1.89. The fourth-order valence-electron chi connectivity index (χ4n) is 5.26. The third kappa shape index (κ3) is 5.30. The molecule has 2 saturated carbocycles. The highest BCUT2D eigenvalue weighted by Gasteiger charge is 2.44. The van der Waals surface area contributed by atoms with Gasteiger partial charge in [0.15, 0.2) is 5.58 Å². The van der Waals surface area contributed by atoms with Gasteiger partial charge in [-0.2, -0.15) is 0 Å². The maximum atomic E-state index is 13.1. The summed E-state index contributed by atoms with van der Waals surface area (Å²) in [4.78, 5) is 37.9. The molecular weight excluding hydrogens is 426 g/mol. The summed E-state index contributed by atoms with van der Waals surface area (Å²) in [5, 5.41) is 6.89. The molecule has 1 aromatic heterocycles. The minimum atomic E-state index is -0.470. The molecule has 4 atom stereocenters. The van der Waals surface area contributed by atoms with Crippen molar-refractivity contribution in [3.8, 4) is 0 Å². The second-order valence-electron chi connectivity index (χ2n) is 9.66. The van der Waals surface area contributed by atoms with Crippen LogP contribution in [0.3, 0.4) is 0 Å². The van der Waals surface area contributed by atoms with E-state index in [9.17, 15) is 9.59 Å². The molecule has 1 saturated heterocycles. The summed E-state index contributed by atoms with van der Waals surface area (Å²) >= 11 is 0. The van der Waals surface area contributed by atoms with Crippen molar-refractivity contribution in [3.05, 3.63) is 34.8 Å². The van der Waals surface area contributed by atoms with Gasteiger partial charge in [-0.25, -0.2) is 4.79 Å². The molecule has 0 unspecified atom stereocenters. The molecule has 0 spiro atoms. The van der Waals surface area contributed by atoms with Gasteiger partial charge < -0.3 is 24.1 Å². The van der Waals surface area contributed by atoms with Gasteiger partial charge in [0.25, 0.3) is 6.47 Å². The number of nitrogens with zero attached hydrogens (tertiary/aromatic N) is 3. The lowest BCUT2D eigenvalue weighted by Crippen LogP contribution is -2.48. The monoisotopic (exact) mass is 459 g/mol. The lowest BCUT2D eigenvalue weighted by molar-refractivity contribution is -0.131. The van der Waals surface area contributed by atoms with Crippen molar-refractivity contribution in [2.24, 2.45) is 17.8 Å². The minimum absolute atomic E-state index is 0.00472. The zero-order valence-corrected chi connectivity index (χ0v) is 19.3. The topological polar surface area (TPSA) is 105 Å². The largest absolute Gasteiger partial charge is 0.483 e. The van der Waals surface area contributed by atoms with Crippen LogP contribution in [-0.2, 0) is 20.9 Å². The van der Waals surface area contributed by atoms with Gasteiger partial charge in [0.05, 0.1) is 11.6 Å². The molecule has 2 aliphatic carbocycles. The van der Waals surface area contributed by atoms with E-state index in [0.29, 0.717) is 29.0 Å². The Balaban J connectivity index is 0.000000821. The van der Waals surface area contributed by atoms with Gasteiger partial charge in [0.1, 0.15) is 6.54 Å². The first-order valence-electron chi connectivity index (χ1n) is 11.6. The number of carboxylic acid groups (broad SMARTS) is 1. The maximum Gasteiger partial charge on any atom is 0.420 e. The van der Waals surface area contributed by atoms with E-state index in [2.05, 4.69) is 19.0 Å². The zero-order valence-electron chi connectivity index (χ0n) is 19.3. The number of carbonyl (C=O) groups excluding carboxylic acids is 1. The first kappa shape index (κ1) is 23.5. The minimum Gasteiger partial charge on any atom is -0.483 e. The molecule has 2 aromatic rings. The molecule has 9 nitrogen and oxygen atoms in total. The Morgan fingerprint density at radius 2 is 1.88 bits per heavy atom. The number of para-hydroxylation sites is 2. The second kappa shape index (κ2) is 10.1. The molecule has 0 radical (unpaired) electrons. The molecule has 1 amide bonds. The van der Waals surface area contributed by atoms with Crippen molar-refractivity contribution in [1.82, 2.24) is 14.4 Å². The van der Waals surface area contributed by atoms with Crippen molar-refractivity contribution in [2.45, 2.75) is 44.4 Å². The van der Waals surface area contributed by atoms with Gasteiger partial charge in [-0.1, -0.05) is 12.1 Å². The summed E-state index contributed by atoms with van der Waals surface area (Å²) in [7, 11) is 4.26. The fourth-order valence-corrected chi connectivity index (χ4v) is 5.26. The predicted molar refractivity (Wildman–Crippen MR) is 122 cm³/mol. The van der Waals surface area contributed by atoms with Crippen LogP contribution in [0, 0.1) is 17.8 Å². The summed E-state index contributed by atoms with van der Waals surface area (Å²) in [5.74, 6) is 1.26. The molecular formula is C24H33N3O6. The normalized spacial score (nSPS) is 26.7. The fraction of sp³-hybridized carbons (Fsp3) is 0.625. The van der Waals surface area contributed by atoms with Gasteiger partial charge in [-0.3, -0.25) is 14.2 Å². The van der Waals surface area contributed by atoms with Crippen molar-refractivity contribution >= 4 is 23.5 Å². The highest BCUT2D eigenvalue weighted by molar-refractivity contribution is 5.79. The third-order valence-electron chi connectivity index (χ3n) is 7.21. The number of carbonyl (C=O) groups is 2. The highest BCUT2D eigenvalue weighted by Crippen LogP contribution is 2.40. The molecule has 2 heterocycles. The second-order valence-corrected chi connectivity index (χ2v) is 9.66. The number of ether oxygens (including phenoxy) is 1. The maximum absolute atomic E-state index is 13.1. The van der Waals surface area contributed by atoms with E-state index < -0.39 is 5.76 Å². The summed E-state index contributed by atoms with van der Waals surface area (Å²) in [6.45, 7) is 2.20. The van der Waals surface area contributed by atoms with Gasteiger partial charge in [0, 0.05) is 25.7 Å². The molecule has 0 bridgehead atoms. The van der Waals surface area contributed by atoms with E-state index in [1.54, 1.807) is 6.07 Å². The summed E-state index contributed by atoms with van der Waals surface area (Å²) in [5.41, 5.74) is 1.20. The van der Waals surface area contributed by atoms with Crippen molar-refractivity contribution in [1.29, 1.82) is 0 Å². The van der Waals surface area contributed by atoms with Gasteiger partial charge in [0.2, 0.25) is 5.91 Å². The van der Waals surface area contributed by atoms with E-state index in [4.69, 9.17) is 19.1 Å². The average molecular weight is 460 g/mol. The quantitative estimate of drug-likeness (QED) is 0.658. The number of benzene rings is 1. The molecule has 1 N–H and O–H groups in total. The third-order valence-corrected chi connectivity index (χ3v) is 7.21. The van der Waals surface area contributed by atoms with Gasteiger partial charge >= 0.3 is 5.76 Å². The Bertz CT molecular complexity index is 1030. The lowest BCUT2D eigenvalue weighted by atomic mass is 9.77. The lowest BCUT2D eigenvalue weighted by Gasteiger charge is -2.41. The molecule has 9 heteroatoms. The first-order valence-corrected chi connectivity index (χ1v) is 11.6. The number of hydrogen-bond donors (Lipinski definition) is 1. The smallest absolute Gasteiger partial charge is 0.420 e.